The van der Waals surface area contributed by atoms with Crippen molar-refractivity contribution in [2.75, 3.05) is 98.2 Å². The molecule has 1 aliphatic rings. The number of carboxylic acids is 6. The van der Waals surface area contributed by atoms with Gasteiger partial charge in [-0.2, -0.15) is 0 Å². The van der Waals surface area contributed by atoms with Crippen LogP contribution in [-0.2, 0) is 59.2 Å². The monoisotopic (exact) mass is 1340 g/mol. The second-order valence-corrected chi connectivity index (χ2v) is 23.4. The highest BCUT2D eigenvalue weighted by Crippen LogP contribution is 2.19. The van der Waals surface area contributed by atoms with Gasteiger partial charge in [-0.1, -0.05) is 37.8 Å². The number of hydrogen-bond acceptors (Lipinski definition) is 16. The molecule has 2 rings (SSSR count). The van der Waals surface area contributed by atoms with Gasteiger partial charge in [-0.25, -0.2) is 9.59 Å². The molecule has 1 aliphatic heterocycles. The van der Waals surface area contributed by atoms with Crippen LogP contribution >= 0.6 is 22.6 Å². The summed E-state index contributed by atoms with van der Waals surface area (Å²) in [7, 11) is 0. The van der Waals surface area contributed by atoms with Gasteiger partial charge in [-0.05, 0) is 124 Å². The van der Waals surface area contributed by atoms with E-state index in [1.165, 1.54) is 0 Å². The SMILES string of the molecule is O=C(O)CC[C@H](NC(=O)NCCCCCNC(=O)CCCCCCC(=O)CCCCCC(CC(=O)C(CCCCNC(=O)CCCc1ccc(I)cc1)NC(=O)CN1CCN(CC(=O)O)CCN(CC(=O)O)CCN(CC(=O)O)CC1)C(=O)O)C(=O)O. The minimum absolute atomic E-state index is 0.0806. The number of carbonyl (C=O) groups is 12. The molecule has 0 spiro atoms. The summed E-state index contributed by atoms with van der Waals surface area (Å²) in [6.45, 7) is 1.19. The third-order valence-corrected chi connectivity index (χ3v) is 15.5. The van der Waals surface area contributed by atoms with Crippen LogP contribution in [0.1, 0.15) is 147 Å². The fourth-order valence-corrected chi connectivity index (χ4v) is 10.1. The van der Waals surface area contributed by atoms with Crippen molar-refractivity contribution in [3.05, 3.63) is 33.4 Å². The van der Waals surface area contributed by atoms with E-state index in [2.05, 4.69) is 49.2 Å². The molecule has 0 bridgehead atoms. The van der Waals surface area contributed by atoms with Crippen LogP contribution in [0.2, 0.25) is 0 Å². The maximum absolute atomic E-state index is 14.1. The Bertz CT molecular complexity index is 2300. The number of carbonyl (C=O) groups excluding carboxylic acids is 6. The van der Waals surface area contributed by atoms with Gasteiger partial charge in [-0.3, -0.25) is 67.5 Å². The van der Waals surface area contributed by atoms with Gasteiger partial charge in [0.05, 0.1) is 38.1 Å². The lowest BCUT2D eigenvalue weighted by atomic mass is 9.91. The van der Waals surface area contributed by atoms with Crippen molar-refractivity contribution < 1.29 is 88.2 Å². The number of hydrogen-bond donors (Lipinski definition) is 11. The first-order valence-corrected chi connectivity index (χ1v) is 31.5. The molecule has 87 heavy (non-hydrogen) atoms. The van der Waals surface area contributed by atoms with Gasteiger partial charge in [0.2, 0.25) is 17.7 Å². The zero-order chi connectivity index (χ0) is 64.4. The molecule has 0 aliphatic carbocycles. The van der Waals surface area contributed by atoms with Crippen molar-refractivity contribution in [3.63, 3.8) is 0 Å². The minimum atomic E-state index is -1.33. The summed E-state index contributed by atoms with van der Waals surface area (Å²) in [5.74, 6) is -9.19. The molecular weight excluding hydrogens is 1250 g/mol. The van der Waals surface area contributed by atoms with E-state index in [1.807, 2.05) is 24.3 Å². The molecule has 11 N–H and O–H groups in total. The fourth-order valence-electron chi connectivity index (χ4n) is 9.79. The van der Waals surface area contributed by atoms with Gasteiger partial charge < -0.3 is 57.2 Å². The molecule has 0 aromatic heterocycles. The van der Waals surface area contributed by atoms with Crippen molar-refractivity contribution in [3.8, 4) is 0 Å². The van der Waals surface area contributed by atoms with E-state index < -0.39 is 78.0 Å². The van der Waals surface area contributed by atoms with E-state index in [9.17, 15) is 78.0 Å². The van der Waals surface area contributed by atoms with Crippen molar-refractivity contribution in [2.24, 2.45) is 5.92 Å². The molecule has 1 saturated heterocycles. The summed E-state index contributed by atoms with van der Waals surface area (Å²) in [4.78, 5) is 154. The first-order chi connectivity index (χ1) is 41.5. The standard InChI is InChI=1S/C59H94IN9O18/c60-45-23-21-43(22-24-45)14-13-20-51(73)62-28-12-9-18-47(64-52(74)39-66-30-32-67(40-54(77)78)34-36-69(42-56(81)82)37-35-68(33-31-66)41-55(79)80)49(71)38-44(57(83)84)15-5-3-7-17-46(70)16-6-1-2-8-19-50(72)61-27-10-4-11-29-63-59(87)65-48(58(85)86)25-26-53(75)76/h21-24,44,47-48H,1-20,25-42H2,(H,61,72)(H,62,73)(H,64,74)(H,75,76)(H,77,78)(H,79,80)(H,81,82)(H,83,84)(H,85,86)(H2,63,65,87)/t44?,47?,48-/m0/s1. The fraction of sp³-hybridized carbons (Fsp3) is 0.695. The highest BCUT2D eigenvalue weighted by atomic mass is 127. The predicted molar refractivity (Wildman–Crippen MR) is 328 cm³/mol. The Morgan fingerprint density at radius 1 is 0.414 bits per heavy atom. The first-order valence-electron chi connectivity index (χ1n) is 30.4. The number of amides is 5. The van der Waals surface area contributed by atoms with Gasteiger partial charge in [0.1, 0.15) is 11.8 Å². The number of nitrogens with one attached hydrogen (secondary N) is 5. The number of aliphatic carboxylic acids is 6. The molecule has 1 heterocycles. The maximum atomic E-state index is 14.1. The van der Waals surface area contributed by atoms with E-state index in [1.54, 1.807) is 19.6 Å². The summed E-state index contributed by atoms with van der Waals surface area (Å²) in [5, 5.41) is 70.3. The zero-order valence-electron chi connectivity index (χ0n) is 50.2. The number of carboxylic acid groups (broad SMARTS) is 6. The largest absolute Gasteiger partial charge is 0.481 e. The van der Waals surface area contributed by atoms with Crippen molar-refractivity contribution in [1.82, 2.24) is 46.2 Å². The molecule has 1 fully saturated rings. The molecule has 1 aromatic rings. The molecule has 0 radical (unpaired) electrons. The lowest BCUT2D eigenvalue weighted by molar-refractivity contribution is -0.144. The molecule has 5 amide bonds. The highest BCUT2D eigenvalue weighted by Gasteiger charge is 2.29. The molecule has 27 nitrogen and oxygen atoms in total. The number of unbranched alkanes of at least 4 members (excludes halogenated alkanes) is 8. The number of aryl methyl sites for hydroxylation is 1. The summed E-state index contributed by atoms with van der Waals surface area (Å²) >= 11 is 2.23. The molecular formula is C59H94IN9O18. The minimum Gasteiger partial charge on any atom is -0.481 e. The lowest BCUT2D eigenvalue weighted by Crippen LogP contribution is -2.51. The van der Waals surface area contributed by atoms with E-state index in [4.69, 9.17) is 10.2 Å². The van der Waals surface area contributed by atoms with Crippen molar-refractivity contribution in [1.29, 1.82) is 0 Å². The van der Waals surface area contributed by atoms with Gasteiger partial charge >= 0.3 is 41.8 Å². The second-order valence-electron chi connectivity index (χ2n) is 22.1. The number of ketones is 2. The van der Waals surface area contributed by atoms with Crippen LogP contribution in [0.4, 0.5) is 4.79 Å². The van der Waals surface area contributed by atoms with E-state index in [0.29, 0.717) is 109 Å². The van der Waals surface area contributed by atoms with Crippen molar-refractivity contribution >= 4 is 93.7 Å². The quantitative estimate of drug-likeness (QED) is 0.0329. The Morgan fingerprint density at radius 3 is 1.33 bits per heavy atom. The van der Waals surface area contributed by atoms with Crippen LogP contribution in [0.25, 0.3) is 0 Å². The van der Waals surface area contributed by atoms with Gasteiger partial charge in [0.15, 0.2) is 5.78 Å². The average Bonchev–Trinajstić information content (AvgIpc) is 3.65. The van der Waals surface area contributed by atoms with E-state index in [0.717, 1.165) is 28.4 Å². The summed E-state index contributed by atoms with van der Waals surface area (Å²) in [6.07, 6.45) is 9.31. The molecule has 3 atom stereocenters. The normalized spacial score (nSPS) is 14.9. The smallest absolute Gasteiger partial charge is 0.326 e. The second kappa shape index (κ2) is 45.8. The molecule has 1 aromatic carbocycles. The van der Waals surface area contributed by atoms with Crippen LogP contribution in [-0.4, -0.2) is 232 Å². The molecule has 2 unspecified atom stereocenters. The Morgan fingerprint density at radius 2 is 0.851 bits per heavy atom. The van der Waals surface area contributed by atoms with E-state index >= 15 is 0 Å². The predicted octanol–water partition coefficient (Wildman–Crippen LogP) is 3.28. The Balaban J connectivity index is 1.89. The summed E-state index contributed by atoms with van der Waals surface area (Å²) < 4.78 is 1.12. The van der Waals surface area contributed by atoms with Crippen LogP contribution in [0.15, 0.2) is 24.3 Å². The Labute approximate surface area is 523 Å². The zero-order valence-corrected chi connectivity index (χ0v) is 52.3. The third-order valence-electron chi connectivity index (χ3n) is 14.7. The Kier molecular flexibility index (Phi) is 40.4. The number of rotatable bonds is 46. The summed E-state index contributed by atoms with van der Waals surface area (Å²) in [6, 6.07) is 4.98. The van der Waals surface area contributed by atoms with Crippen LogP contribution < -0.4 is 26.6 Å². The highest BCUT2D eigenvalue weighted by molar-refractivity contribution is 14.1. The van der Waals surface area contributed by atoms with Gasteiger partial charge in [-0.15, -0.1) is 0 Å². The number of benzene rings is 1. The van der Waals surface area contributed by atoms with Gasteiger partial charge in [0, 0.05) is 114 Å². The van der Waals surface area contributed by atoms with E-state index in [-0.39, 0.29) is 128 Å². The van der Waals surface area contributed by atoms with Crippen LogP contribution in [0.3, 0.4) is 0 Å². The first kappa shape index (κ1) is 76.7. The van der Waals surface area contributed by atoms with Crippen LogP contribution in [0.5, 0.6) is 0 Å². The third kappa shape index (κ3) is 39.9. The van der Waals surface area contributed by atoms with Gasteiger partial charge in [0.25, 0.3) is 0 Å². The number of halogens is 1. The number of Topliss-reactive ketones (excluding diaryl/α,β-unsaturated/α-hetero) is 2. The van der Waals surface area contributed by atoms with Crippen molar-refractivity contribution in [2.45, 2.75) is 160 Å². The molecule has 490 valence electrons. The molecule has 0 saturated carbocycles. The summed E-state index contributed by atoms with van der Waals surface area (Å²) in [5.41, 5.74) is 1.13. The average molecular weight is 1340 g/mol. The number of nitrogens with zero attached hydrogens (tertiary/aromatic N) is 4. The molecule has 28 heteroatoms. The maximum Gasteiger partial charge on any atom is 0.326 e. The lowest BCUT2D eigenvalue weighted by Gasteiger charge is -2.33. The van der Waals surface area contributed by atoms with Crippen LogP contribution in [0, 0.1) is 9.49 Å². The Hall–Kier alpha value is -6.37. The topological polar surface area (TPSA) is 399 Å². The number of urea groups is 1.